The predicted octanol–water partition coefficient (Wildman–Crippen LogP) is 3.76. The average Bonchev–Trinajstić information content (AvgIpc) is 3.11. The van der Waals surface area contributed by atoms with Crippen LogP contribution in [0, 0.1) is 26.2 Å². The highest BCUT2D eigenvalue weighted by molar-refractivity contribution is 8.18. The summed E-state index contributed by atoms with van der Waals surface area (Å²) in [4.78, 5) is 25.7. The Labute approximate surface area is 145 Å². The van der Waals surface area contributed by atoms with Crippen molar-refractivity contribution in [2.75, 3.05) is 6.54 Å². The van der Waals surface area contributed by atoms with Crippen LogP contribution in [0.15, 0.2) is 41.4 Å². The third-order valence-corrected chi connectivity index (χ3v) is 4.93. The minimum absolute atomic E-state index is 0.00000664. The van der Waals surface area contributed by atoms with E-state index >= 15 is 0 Å². The van der Waals surface area contributed by atoms with Crippen molar-refractivity contribution < 1.29 is 9.59 Å². The lowest BCUT2D eigenvalue weighted by molar-refractivity contribution is -0.122. The molecular weight excluding hydrogens is 320 g/mol. The third-order valence-electron chi connectivity index (χ3n) is 4.02. The Balaban J connectivity index is 2.01. The minimum Gasteiger partial charge on any atom is -0.317 e. The van der Waals surface area contributed by atoms with E-state index in [1.807, 2.05) is 35.0 Å². The largest absolute Gasteiger partial charge is 0.317 e. The number of aryl methyl sites for hydroxylation is 1. The second-order valence-electron chi connectivity index (χ2n) is 5.49. The Morgan fingerprint density at radius 1 is 1.21 bits per heavy atom. The molecule has 1 aromatic carbocycles. The first kappa shape index (κ1) is 16.2. The number of carbonyl (C=O) groups excluding carboxylic acids is 2. The van der Waals surface area contributed by atoms with Gasteiger partial charge in [-0.25, -0.2) is 0 Å². The molecule has 0 N–H and O–H groups in total. The van der Waals surface area contributed by atoms with E-state index < -0.39 is 0 Å². The van der Waals surface area contributed by atoms with E-state index in [0.717, 1.165) is 28.0 Å². The number of amides is 2. The van der Waals surface area contributed by atoms with Crippen LogP contribution in [-0.2, 0) is 4.79 Å². The van der Waals surface area contributed by atoms with Gasteiger partial charge in [-0.05, 0) is 61.0 Å². The molecule has 24 heavy (non-hydrogen) atoms. The number of benzene rings is 1. The number of nitrogens with zero attached hydrogens (tertiary/aromatic N) is 2. The number of hydrogen-bond donors (Lipinski definition) is 0. The van der Waals surface area contributed by atoms with Crippen molar-refractivity contribution in [2.24, 2.45) is 0 Å². The van der Waals surface area contributed by atoms with Crippen molar-refractivity contribution in [3.8, 4) is 18.0 Å². The quantitative estimate of drug-likeness (QED) is 0.633. The van der Waals surface area contributed by atoms with Gasteiger partial charge in [0.1, 0.15) is 0 Å². The molecule has 120 valence electrons. The van der Waals surface area contributed by atoms with Crippen LogP contribution in [0.25, 0.3) is 11.8 Å². The van der Waals surface area contributed by atoms with Crippen LogP contribution >= 0.6 is 11.8 Å². The highest BCUT2D eigenvalue weighted by Crippen LogP contribution is 2.32. The molecule has 1 aliphatic rings. The van der Waals surface area contributed by atoms with Gasteiger partial charge in [0, 0.05) is 17.6 Å². The maximum atomic E-state index is 12.3. The summed E-state index contributed by atoms with van der Waals surface area (Å²) >= 11 is 0.921. The number of aromatic nitrogens is 1. The normalized spacial score (nSPS) is 16.0. The summed E-state index contributed by atoms with van der Waals surface area (Å²) in [6.45, 7) is 4.13. The van der Waals surface area contributed by atoms with Gasteiger partial charge in [0.25, 0.3) is 11.1 Å². The molecule has 0 spiro atoms. The summed E-state index contributed by atoms with van der Waals surface area (Å²) in [5.41, 5.74) is 4.26. The summed E-state index contributed by atoms with van der Waals surface area (Å²) in [5, 5.41) is -0.325. The average molecular weight is 336 g/mol. The molecular formula is C19H16N2O2S. The van der Waals surface area contributed by atoms with Crippen molar-refractivity contribution in [1.82, 2.24) is 9.47 Å². The molecule has 0 unspecified atom stereocenters. The summed E-state index contributed by atoms with van der Waals surface area (Å²) in [5.74, 6) is 2.00. The molecule has 4 nitrogen and oxygen atoms in total. The first-order chi connectivity index (χ1) is 11.5. The fourth-order valence-electron chi connectivity index (χ4n) is 2.59. The van der Waals surface area contributed by atoms with Crippen LogP contribution in [-0.4, -0.2) is 27.2 Å². The Hall–Kier alpha value is -2.71. The topological polar surface area (TPSA) is 42.3 Å². The molecule has 2 heterocycles. The van der Waals surface area contributed by atoms with E-state index in [1.165, 1.54) is 11.1 Å². The molecule has 0 bridgehead atoms. The molecule has 5 heteroatoms. The molecule has 0 radical (unpaired) electrons. The lowest BCUT2D eigenvalue weighted by Crippen LogP contribution is -2.28. The van der Waals surface area contributed by atoms with Crippen LogP contribution in [0.1, 0.15) is 16.8 Å². The van der Waals surface area contributed by atoms with Crippen LogP contribution in [0.4, 0.5) is 4.79 Å². The number of thioether (sulfide) groups is 1. The molecule has 1 aliphatic heterocycles. The zero-order valence-electron chi connectivity index (χ0n) is 13.4. The van der Waals surface area contributed by atoms with Gasteiger partial charge in [-0.3, -0.25) is 14.5 Å². The molecule has 2 amide bonds. The number of hydrogen-bond acceptors (Lipinski definition) is 3. The number of terminal acetylenes is 1. The Bertz CT molecular complexity index is 902. The first-order valence-electron chi connectivity index (χ1n) is 7.45. The van der Waals surface area contributed by atoms with Crippen LogP contribution in [0.2, 0.25) is 0 Å². The zero-order valence-corrected chi connectivity index (χ0v) is 14.3. The van der Waals surface area contributed by atoms with Crippen molar-refractivity contribution >= 4 is 29.0 Å². The SMILES string of the molecule is C#CCN1C(=O)S/C(=C\c2cccn2-c2cccc(C)c2C)C1=O. The summed E-state index contributed by atoms with van der Waals surface area (Å²) in [6.07, 6.45) is 8.90. The van der Waals surface area contributed by atoms with Gasteiger partial charge in [-0.1, -0.05) is 18.1 Å². The van der Waals surface area contributed by atoms with Crippen LogP contribution in [0.3, 0.4) is 0 Å². The second-order valence-corrected chi connectivity index (χ2v) is 6.49. The predicted molar refractivity (Wildman–Crippen MR) is 96.8 cm³/mol. The maximum Gasteiger partial charge on any atom is 0.294 e. The van der Waals surface area contributed by atoms with Gasteiger partial charge in [0.05, 0.1) is 11.4 Å². The van der Waals surface area contributed by atoms with Crippen molar-refractivity contribution in [1.29, 1.82) is 0 Å². The standard InChI is InChI=1S/C19H16N2O2S/c1-4-10-21-18(22)17(24-19(21)23)12-15-8-6-11-20(15)16-9-5-7-13(2)14(16)3/h1,5-9,11-12H,10H2,2-3H3/b17-12-. The highest BCUT2D eigenvalue weighted by atomic mass is 32.2. The lowest BCUT2D eigenvalue weighted by Gasteiger charge is -2.12. The van der Waals surface area contributed by atoms with Gasteiger partial charge >= 0.3 is 0 Å². The van der Waals surface area contributed by atoms with Crippen molar-refractivity contribution in [3.63, 3.8) is 0 Å². The van der Waals surface area contributed by atoms with Gasteiger partial charge < -0.3 is 4.57 Å². The van der Waals surface area contributed by atoms with Crippen molar-refractivity contribution in [2.45, 2.75) is 13.8 Å². The fourth-order valence-corrected chi connectivity index (χ4v) is 3.41. The molecule has 3 rings (SSSR count). The summed E-state index contributed by atoms with van der Waals surface area (Å²) < 4.78 is 2.01. The van der Waals surface area contributed by atoms with Gasteiger partial charge in [0.2, 0.25) is 0 Å². The van der Waals surface area contributed by atoms with E-state index in [9.17, 15) is 9.59 Å². The molecule has 2 aromatic rings. The summed E-state index contributed by atoms with van der Waals surface area (Å²) in [7, 11) is 0. The highest BCUT2D eigenvalue weighted by Gasteiger charge is 2.34. The zero-order chi connectivity index (χ0) is 17.3. The van der Waals surface area contributed by atoms with E-state index in [1.54, 1.807) is 6.08 Å². The Morgan fingerprint density at radius 2 is 2.00 bits per heavy atom. The fraction of sp³-hybridized carbons (Fsp3) is 0.158. The molecule has 0 atom stereocenters. The van der Waals surface area contributed by atoms with E-state index in [0.29, 0.717) is 4.91 Å². The second kappa shape index (κ2) is 6.42. The van der Waals surface area contributed by atoms with E-state index in [2.05, 4.69) is 25.8 Å². The van der Waals surface area contributed by atoms with Crippen molar-refractivity contribution in [3.05, 3.63) is 58.3 Å². The van der Waals surface area contributed by atoms with Crippen LogP contribution in [0.5, 0.6) is 0 Å². The Kier molecular flexibility index (Phi) is 4.32. The molecule has 1 aromatic heterocycles. The molecule has 0 saturated carbocycles. The monoisotopic (exact) mass is 336 g/mol. The minimum atomic E-state index is -0.336. The first-order valence-corrected chi connectivity index (χ1v) is 8.27. The lowest BCUT2D eigenvalue weighted by atomic mass is 10.1. The molecule has 0 aliphatic carbocycles. The molecule has 1 saturated heterocycles. The maximum absolute atomic E-state index is 12.3. The number of carbonyl (C=O) groups is 2. The van der Waals surface area contributed by atoms with Crippen LogP contribution < -0.4 is 0 Å². The van der Waals surface area contributed by atoms with Gasteiger partial charge in [0.15, 0.2) is 0 Å². The summed E-state index contributed by atoms with van der Waals surface area (Å²) in [6, 6.07) is 9.93. The number of imide groups is 1. The van der Waals surface area contributed by atoms with E-state index in [4.69, 9.17) is 6.42 Å². The Morgan fingerprint density at radius 3 is 2.75 bits per heavy atom. The molecule has 1 fully saturated rings. The number of rotatable bonds is 3. The van der Waals surface area contributed by atoms with Gasteiger partial charge in [-0.15, -0.1) is 6.42 Å². The van der Waals surface area contributed by atoms with Gasteiger partial charge in [-0.2, -0.15) is 0 Å². The van der Waals surface area contributed by atoms with E-state index in [-0.39, 0.29) is 17.7 Å². The third kappa shape index (κ3) is 2.77. The smallest absolute Gasteiger partial charge is 0.294 e.